The van der Waals surface area contributed by atoms with Gasteiger partial charge >= 0.3 is 0 Å². The maximum atomic E-state index is 8.96. The monoisotopic (exact) mass is 363 g/mol. The summed E-state index contributed by atoms with van der Waals surface area (Å²) in [5.41, 5.74) is 3.19. The van der Waals surface area contributed by atoms with Crippen molar-refractivity contribution in [3.63, 3.8) is 0 Å². The van der Waals surface area contributed by atoms with Gasteiger partial charge in [-0.1, -0.05) is 18.2 Å². The fraction of sp³-hybridized carbons (Fsp3) is 0.478. The van der Waals surface area contributed by atoms with Crippen LogP contribution in [0.3, 0.4) is 0 Å². The van der Waals surface area contributed by atoms with Crippen molar-refractivity contribution >= 4 is 0 Å². The molecule has 1 saturated heterocycles. The molecule has 4 nitrogen and oxygen atoms in total. The van der Waals surface area contributed by atoms with E-state index >= 15 is 0 Å². The summed E-state index contributed by atoms with van der Waals surface area (Å²) in [6, 6.07) is 16.3. The maximum absolute atomic E-state index is 8.96. The molecule has 1 aromatic heterocycles. The minimum Gasteiger partial charge on any atom is -0.384 e. The number of rotatable bonds is 7. The first-order valence-electron chi connectivity index (χ1n) is 9.64. The van der Waals surface area contributed by atoms with Gasteiger partial charge in [0.1, 0.15) is 0 Å². The molecule has 1 aromatic carbocycles. The van der Waals surface area contributed by atoms with E-state index in [9.17, 15) is 0 Å². The smallest absolute Gasteiger partial charge is 0.0991 e. The SMILES string of the molecule is COC[C@]1(CCc2ccc(C#N)cc2)CCN(C(C)(C)c2ccccn2)C1. The molecule has 0 saturated carbocycles. The van der Waals surface area contributed by atoms with Gasteiger partial charge in [0, 0.05) is 25.3 Å². The highest BCUT2D eigenvalue weighted by Gasteiger charge is 2.43. The highest BCUT2D eigenvalue weighted by Crippen LogP contribution is 2.41. The van der Waals surface area contributed by atoms with Crippen molar-refractivity contribution in [2.24, 2.45) is 5.41 Å². The van der Waals surface area contributed by atoms with E-state index in [2.05, 4.69) is 54.1 Å². The summed E-state index contributed by atoms with van der Waals surface area (Å²) < 4.78 is 5.64. The van der Waals surface area contributed by atoms with Gasteiger partial charge in [-0.15, -0.1) is 0 Å². The number of pyridine rings is 1. The highest BCUT2D eigenvalue weighted by molar-refractivity contribution is 5.31. The Morgan fingerprint density at radius 2 is 2.00 bits per heavy atom. The summed E-state index contributed by atoms with van der Waals surface area (Å²) in [6.45, 7) is 7.37. The second kappa shape index (κ2) is 8.21. The molecule has 4 heteroatoms. The summed E-state index contributed by atoms with van der Waals surface area (Å²) in [5.74, 6) is 0. The highest BCUT2D eigenvalue weighted by atomic mass is 16.5. The zero-order valence-corrected chi connectivity index (χ0v) is 16.6. The van der Waals surface area contributed by atoms with Crippen LogP contribution in [0.5, 0.6) is 0 Å². The molecule has 0 radical (unpaired) electrons. The van der Waals surface area contributed by atoms with Crippen LogP contribution in [0.25, 0.3) is 0 Å². The van der Waals surface area contributed by atoms with Gasteiger partial charge in [0.25, 0.3) is 0 Å². The number of benzene rings is 1. The van der Waals surface area contributed by atoms with E-state index in [0.29, 0.717) is 0 Å². The Balaban J connectivity index is 1.71. The van der Waals surface area contributed by atoms with E-state index in [1.165, 1.54) is 5.56 Å². The lowest BCUT2D eigenvalue weighted by atomic mass is 9.81. The molecule has 1 fully saturated rings. The molecule has 142 valence electrons. The Kier molecular flexibility index (Phi) is 5.94. The predicted octanol–water partition coefficient (Wildman–Crippen LogP) is 4.16. The third-order valence-electron chi connectivity index (χ3n) is 6.00. The number of hydrogen-bond acceptors (Lipinski definition) is 4. The first kappa shape index (κ1) is 19.5. The van der Waals surface area contributed by atoms with Crippen molar-refractivity contribution in [3.05, 3.63) is 65.5 Å². The van der Waals surface area contributed by atoms with Gasteiger partial charge in [-0.25, -0.2) is 0 Å². The van der Waals surface area contributed by atoms with Crippen LogP contribution in [0.1, 0.15) is 43.5 Å². The molecule has 1 aliphatic heterocycles. The molecule has 0 spiro atoms. The lowest BCUT2D eigenvalue weighted by molar-refractivity contribution is 0.0593. The molecule has 1 aliphatic rings. The van der Waals surface area contributed by atoms with Gasteiger partial charge in [0.15, 0.2) is 0 Å². The molecule has 0 amide bonds. The zero-order valence-electron chi connectivity index (χ0n) is 16.6. The number of hydrogen-bond donors (Lipinski definition) is 0. The predicted molar refractivity (Wildman–Crippen MR) is 107 cm³/mol. The molecule has 27 heavy (non-hydrogen) atoms. The number of nitrogens with zero attached hydrogens (tertiary/aromatic N) is 3. The number of likely N-dealkylation sites (tertiary alicyclic amines) is 1. The van der Waals surface area contributed by atoms with E-state index in [0.717, 1.165) is 50.2 Å². The lowest BCUT2D eigenvalue weighted by Gasteiger charge is -2.37. The Hall–Kier alpha value is -2.22. The Labute approximate surface area is 162 Å². The summed E-state index contributed by atoms with van der Waals surface area (Å²) >= 11 is 0. The third kappa shape index (κ3) is 4.37. The molecule has 3 rings (SSSR count). The van der Waals surface area contributed by atoms with Gasteiger partial charge in [0.2, 0.25) is 0 Å². The molecular weight excluding hydrogens is 334 g/mol. The Morgan fingerprint density at radius 3 is 2.63 bits per heavy atom. The number of aromatic nitrogens is 1. The fourth-order valence-electron chi connectivity index (χ4n) is 4.15. The average molecular weight is 364 g/mol. The quantitative estimate of drug-likeness (QED) is 0.741. The maximum Gasteiger partial charge on any atom is 0.0991 e. The van der Waals surface area contributed by atoms with Crippen molar-refractivity contribution < 1.29 is 4.74 Å². The number of methoxy groups -OCH3 is 1. The summed E-state index contributed by atoms with van der Waals surface area (Å²) in [4.78, 5) is 7.15. The van der Waals surface area contributed by atoms with E-state index < -0.39 is 0 Å². The second-order valence-electron chi connectivity index (χ2n) is 8.19. The standard InChI is InChI=1S/C23H29N3O/c1-22(2,21-6-4-5-14-25-21)26-15-13-23(17-26,18-27-3)12-11-19-7-9-20(16-24)10-8-19/h4-10,14H,11-13,15,17-18H2,1-3H3/t23-/m1/s1. The molecule has 2 heterocycles. The molecule has 0 aliphatic carbocycles. The van der Waals surface area contributed by atoms with E-state index in [4.69, 9.17) is 10.00 Å². The van der Waals surface area contributed by atoms with E-state index in [1.807, 2.05) is 24.4 Å². The Morgan fingerprint density at radius 1 is 1.22 bits per heavy atom. The first-order valence-corrected chi connectivity index (χ1v) is 9.64. The number of ether oxygens (including phenoxy) is 1. The minimum atomic E-state index is -0.0921. The van der Waals surface area contributed by atoms with Crippen molar-refractivity contribution in [3.8, 4) is 6.07 Å². The van der Waals surface area contributed by atoms with Crippen LogP contribution in [0.4, 0.5) is 0 Å². The van der Waals surface area contributed by atoms with Crippen LogP contribution in [0, 0.1) is 16.7 Å². The minimum absolute atomic E-state index is 0.0921. The van der Waals surface area contributed by atoms with Crippen LogP contribution < -0.4 is 0 Å². The van der Waals surface area contributed by atoms with Crippen LogP contribution in [0.15, 0.2) is 48.7 Å². The summed E-state index contributed by atoms with van der Waals surface area (Å²) in [6.07, 6.45) is 5.10. The molecule has 2 aromatic rings. The van der Waals surface area contributed by atoms with Gasteiger partial charge in [-0.3, -0.25) is 9.88 Å². The van der Waals surface area contributed by atoms with Crippen molar-refractivity contribution in [2.45, 2.75) is 38.6 Å². The fourth-order valence-corrected chi connectivity index (χ4v) is 4.15. The largest absolute Gasteiger partial charge is 0.384 e. The van der Waals surface area contributed by atoms with E-state index in [1.54, 1.807) is 7.11 Å². The van der Waals surface area contributed by atoms with Gasteiger partial charge in [-0.05, 0) is 69.5 Å². The average Bonchev–Trinajstić information content (AvgIpc) is 3.13. The Bertz CT molecular complexity index is 780. The van der Waals surface area contributed by atoms with Crippen LogP contribution >= 0.6 is 0 Å². The molecule has 0 N–H and O–H groups in total. The van der Waals surface area contributed by atoms with Crippen LogP contribution in [-0.4, -0.2) is 36.7 Å². The van der Waals surface area contributed by atoms with Crippen molar-refractivity contribution in [1.29, 1.82) is 5.26 Å². The molecule has 1 atom stereocenters. The molecule has 0 unspecified atom stereocenters. The topological polar surface area (TPSA) is 49.1 Å². The zero-order chi connectivity index (χ0) is 19.3. The summed E-state index contributed by atoms with van der Waals surface area (Å²) in [5, 5.41) is 8.96. The first-order chi connectivity index (χ1) is 13.0. The van der Waals surface area contributed by atoms with Crippen LogP contribution in [0.2, 0.25) is 0 Å². The van der Waals surface area contributed by atoms with Gasteiger partial charge in [0.05, 0.1) is 29.5 Å². The third-order valence-corrected chi connectivity index (χ3v) is 6.00. The van der Waals surface area contributed by atoms with Crippen LogP contribution in [-0.2, 0) is 16.7 Å². The molecular formula is C23H29N3O. The van der Waals surface area contributed by atoms with Gasteiger partial charge in [-0.2, -0.15) is 5.26 Å². The second-order valence-corrected chi connectivity index (χ2v) is 8.19. The number of nitriles is 1. The normalized spacial score (nSPS) is 20.5. The number of aryl methyl sites for hydroxylation is 1. The van der Waals surface area contributed by atoms with E-state index in [-0.39, 0.29) is 11.0 Å². The lowest BCUT2D eigenvalue weighted by Crippen LogP contribution is -2.42. The van der Waals surface area contributed by atoms with Crippen molar-refractivity contribution in [2.75, 3.05) is 26.8 Å². The molecule has 0 bridgehead atoms. The summed E-state index contributed by atoms with van der Waals surface area (Å²) in [7, 11) is 1.80. The van der Waals surface area contributed by atoms with Crippen molar-refractivity contribution in [1.82, 2.24) is 9.88 Å². The van der Waals surface area contributed by atoms with Gasteiger partial charge < -0.3 is 4.74 Å².